The minimum absolute atomic E-state index is 0. The number of aromatic hydroxyl groups is 2. The van der Waals surface area contributed by atoms with Crippen molar-refractivity contribution in [2.75, 3.05) is 0 Å². The number of fused-ring (bicyclic) bond motifs is 1. The van der Waals surface area contributed by atoms with Gasteiger partial charge in [-0.25, -0.2) is 16.1 Å². The molecule has 29 heavy (non-hydrogen) atoms. The van der Waals surface area contributed by atoms with Crippen LogP contribution in [0.1, 0.15) is 5.56 Å². The maximum atomic E-state index is 10.4. The van der Waals surface area contributed by atoms with Crippen molar-refractivity contribution in [3.63, 3.8) is 0 Å². The largest absolute Gasteiger partial charge is 2.00 e. The molecule has 1 aromatic heterocycles. The van der Waals surface area contributed by atoms with Crippen molar-refractivity contribution in [1.29, 1.82) is 0 Å². The van der Waals surface area contributed by atoms with Crippen molar-refractivity contribution < 1.29 is 51.9 Å². The van der Waals surface area contributed by atoms with Gasteiger partial charge >= 0.3 is 37.0 Å². The Morgan fingerprint density at radius 1 is 0.966 bits per heavy atom. The minimum atomic E-state index is -0.183. The molecule has 142 valence electrons. The van der Waals surface area contributed by atoms with Gasteiger partial charge in [-0.3, -0.25) is 5.73 Å². The fraction of sp³-hybridized carbons (Fsp3) is 0. The van der Waals surface area contributed by atoms with E-state index >= 15 is 0 Å². The van der Waals surface area contributed by atoms with E-state index in [1.165, 1.54) is 6.08 Å². The molecule has 0 aliphatic rings. The fourth-order valence-electron chi connectivity index (χ4n) is 2.40. The zero-order valence-corrected chi connectivity index (χ0v) is 20.4. The molecular weight excluding hydrogens is 608 g/mol. The van der Waals surface area contributed by atoms with Crippen LogP contribution in [0.25, 0.3) is 26.6 Å². The van der Waals surface area contributed by atoms with Gasteiger partial charge in [0, 0.05) is 6.08 Å². The average molecular weight is 626 g/mol. The Morgan fingerprint density at radius 3 is 2.28 bits per heavy atom. The second kappa shape index (κ2) is 11.0. The summed E-state index contributed by atoms with van der Waals surface area (Å²) in [6.07, 6.45) is 3.17. The predicted octanol–water partition coefficient (Wildman–Crippen LogP) is 4.05. The third kappa shape index (κ3) is 6.88. The van der Waals surface area contributed by atoms with Crippen LogP contribution in [0.2, 0.25) is 0 Å². The Hall–Kier alpha value is -2.36. The molecule has 1 heterocycles. The van der Waals surface area contributed by atoms with Crippen molar-refractivity contribution in [3.8, 4) is 21.9 Å². The van der Waals surface area contributed by atoms with Crippen LogP contribution in [-0.4, -0.2) is 16.1 Å². The van der Waals surface area contributed by atoms with Gasteiger partial charge < -0.3 is 10.2 Å². The summed E-state index contributed by atoms with van der Waals surface area (Å²) in [7, 11) is 0. The summed E-state index contributed by atoms with van der Waals surface area (Å²) >= 11 is 1.57. The van der Waals surface area contributed by atoms with Crippen molar-refractivity contribution in [1.82, 2.24) is 0 Å². The first kappa shape index (κ1) is 22.9. The molecule has 0 atom stereocenters. The number of carbonyl (C=O) groups is 1. The number of benzene rings is 3. The molecule has 3 aromatic carbocycles. The molecule has 5 N–H and O–H groups in total. The maximum Gasteiger partial charge on any atom is 2.00 e. The SMILES string of the molecule is Oc1ccc(-c2[c-]c3ccc(O)cc3s2)cc1.[NH3+]C(=O)C=Cc1cc[c-]cc1.[U+2]. The molecule has 1 amide bonds. The average Bonchev–Trinajstić information content (AvgIpc) is 3.11. The number of phenolic OH excluding ortho intramolecular Hbond substituents is 2. The minimum Gasteiger partial charge on any atom is -0.510 e. The predicted molar refractivity (Wildman–Crippen MR) is 112 cm³/mol. The molecule has 0 fully saturated rings. The van der Waals surface area contributed by atoms with Crippen molar-refractivity contribution >= 4 is 33.4 Å². The number of phenols is 2. The molecule has 0 saturated heterocycles. The van der Waals surface area contributed by atoms with Gasteiger partial charge in [0.05, 0.1) is 5.75 Å². The van der Waals surface area contributed by atoms with E-state index in [0.717, 1.165) is 26.1 Å². The topological polar surface area (TPSA) is 85.2 Å². The van der Waals surface area contributed by atoms with E-state index in [2.05, 4.69) is 17.9 Å². The van der Waals surface area contributed by atoms with E-state index in [-0.39, 0.29) is 48.5 Å². The van der Waals surface area contributed by atoms with Crippen molar-refractivity contribution in [2.45, 2.75) is 0 Å². The van der Waals surface area contributed by atoms with Gasteiger partial charge in [0.15, 0.2) is 0 Å². The van der Waals surface area contributed by atoms with Gasteiger partial charge in [0.1, 0.15) is 5.75 Å². The van der Waals surface area contributed by atoms with E-state index in [1.807, 2.05) is 30.3 Å². The number of thiophene rings is 1. The van der Waals surface area contributed by atoms with E-state index in [4.69, 9.17) is 0 Å². The Bertz CT molecular complexity index is 1110. The first-order valence-corrected chi connectivity index (χ1v) is 9.27. The molecule has 0 unspecified atom stereocenters. The monoisotopic (exact) mass is 626 g/mol. The van der Waals surface area contributed by atoms with E-state index in [0.29, 0.717) is 0 Å². The summed E-state index contributed by atoms with van der Waals surface area (Å²) in [4.78, 5) is 11.4. The summed E-state index contributed by atoms with van der Waals surface area (Å²) < 4.78 is 1.01. The van der Waals surface area contributed by atoms with Crippen LogP contribution in [0.4, 0.5) is 0 Å². The van der Waals surface area contributed by atoms with Gasteiger partial charge in [0.2, 0.25) is 0 Å². The molecular formula is C23H18NO3SU+. The van der Waals surface area contributed by atoms with E-state index in [1.54, 1.807) is 53.8 Å². The van der Waals surface area contributed by atoms with Crippen LogP contribution < -0.4 is 5.73 Å². The Balaban J connectivity index is 0.000000219. The summed E-state index contributed by atoms with van der Waals surface area (Å²) in [5, 5.41) is 19.6. The molecule has 0 radical (unpaired) electrons. The first-order valence-electron chi connectivity index (χ1n) is 8.45. The zero-order chi connectivity index (χ0) is 19.9. The summed E-state index contributed by atoms with van der Waals surface area (Å²) in [6, 6.07) is 25.8. The van der Waals surface area contributed by atoms with Crippen molar-refractivity contribution in [2.24, 2.45) is 0 Å². The number of carbonyl (C=O) groups excluding carboxylic acids is 1. The number of rotatable bonds is 3. The Morgan fingerprint density at radius 2 is 1.62 bits per heavy atom. The molecule has 4 nitrogen and oxygen atoms in total. The van der Waals surface area contributed by atoms with E-state index in [9.17, 15) is 15.0 Å². The summed E-state index contributed by atoms with van der Waals surface area (Å²) in [6.45, 7) is 0. The zero-order valence-electron chi connectivity index (χ0n) is 15.4. The normalized spacial score (nSPS) is 10.2. The number of quaternary nitrogens is 1. The fourth-order valence-corrected chi connectivity index (χ4v) is 3.44. The first-order chi connectivity index (χ1) is 13.5. The second-order valence-electron chi connectivity index (χ2n) is 5.92. The summed E-state index contributed by atoms with van der Waals surface area (Å²) in [5.74, 6) is 0.343. The van der Waals surface area contributed by atoms with Gasteiger partial charge in [-0.1, -0.05) is 34.7 Å². The van der Waals surface area contributed by atoms with Gasteiger partial charge in [-0.2, -0.15) is 30.3 Å². The third-order valence-corrected chi connectivity index (χ3v) is 4.86. The van der Waals surface area contributed by atoms with Crippen LogP contribution in [0.15, 0.2) is 72.8 Å². The van der Waals surface area contributed by atoms with E-state index < -0.39 is 0 Å². The second-order valence-corrected chi connectivity index (χ2v) is 6.97. The molecule has 4 rings (SSSR count). The molecule has 4 aromatic rings. The Labute approximate surface area is 196 Å². The third-order valence-electron chi connectivity index (χ3n) is 3.76. The number of hydrogen-bond acceptors (Lipinski definition) is 4. The molecule has 0 bridgehead atoms. The van der Waals surface area contributed by atoms with Crippen LogP contribution in [0, 0.1) is 43.2 Å². The van der Waals surface area contributed by atoms with Crippen LogP contribution in [0.5, 0.6) is 11.5 Å². The summed E-state index contributed by atoms with van der Waals surface area (Å²) in [5.41, 5.74) is 5.22. The molecule has 0 aliphatic heterocycles. The van der Waals surface area contributed by atoms with Crippen LogP contribution in [-0.2, 0) is 4.79 Å². The van der Waals surface area contributed by atoms with Gasteiger partial charge in [0.25, 0.3) is 0 Å². The van der Waals surface area contributed by atoms with Crippen LogP contribution >= 0.6 is 11.3 Å². The number of hydrogen-bond donors (Lipinski definition) is 3. The smallest absolute Gasteiger partial charge is 0.510 e. The molecule has 6 heteroatoms. The number of amides is 1. The van der Waals surface area contributed by atoms with Gasteiger partial charge in [-0.15, -0.1) is 23.1 Å². The standard InChI is InChI=1S/C14H9O2S.C9H8NO.U/c15-11-4-1-9(2-5-11)13-7-10-3-6-12(16)8-14(10)17-13;10-9(11)7-6-8-4-2-1-3-5-8;/h1-6,8,15-16H;2-7H,(H2,10,11);/q2*-1;+2/p+1. The molecule has 0 saturated carbocycles. The molecule has 0 aliphatic carbocycles. The maximum absolute atomic E-state index is 10.4. The Kier molecular flexibility index (Phi) is 8.69. The van der Waals surface area contributed by atoms with Gasteiger partial charge in [-0.05, 0) is 22.9 Å². The van der Waals surface area contributed by atoms with Crippen molar-refractivity contribution in [3.05, 3.63) is 90.5 Å². The van der Waals surface area contributed by atoms with Crippen LogP contribution in [0.3, 0.4) is 0 Å². The molecule has 0 spiro atoms. The quantitative estimate of drug-likeness (QED) is 0.237.